The Morgan fingerprint density at radius 3 is 2.38 bits per heavy atom. The lowest BCUT2D eigenvalue weighted by Gasteiger charge is -2.54. The average Bonchev–Trinajstić information content (AvgIpc) is 4.01. The van der Waals surface area contributed by atoms with Crippen molar-refractivity contribution in [1.82, 2.24) is 30.0 Å². The number of anilines is 2. The van der Waals surface area contributed by atoms with Crippen molar-refractivity contribution in [3.63, 3.8) is 0 Å². The molecule has 6 heterocycles. The van der Waals surface area contributed by atoms with E-state index in [0.717, 1.165) is 57.4 Å². The fraction of sp³-hybridized carbons (Fsp3) is 0.526. The summed E-state index contributed by atoms with van der Waals surface area (Å²) in [4.78, 5) is 31.1. The van der Waals surface area contributed by atoms with Crippen molar-refractivity contribution in [2.75, 3.05) is 68.8 Å². The first-order valence-electron chi connectivity index (χ1n) is 18.4. The minimum atomic E-state index is -4.64. The molecule has 0 bridgehead atoms. The number of fused-ring (bicyclic) bond motifs is 2. The largest absolute Gasteiger partial charge is 0.481 e. The number of H-pyrrole nitrogens is 1. The Bertz CT molecular complexity index is 2110. The third kappa shape index (κ3) is 5.30. The Balaban J connectivity index is 1.10. The summed E-state index contributed by atoms with van der Waals surface area (Å²) in [5.74, 6) is 0.421. The number of halogens is 4. The molecule has 0 atom stereocenters. The Kier molecular flexibility index (Phi) is 6.98. The third-order valence-electron chi connectivity index (χ3n) is 12.5. The van der Waals surface area contributed by atoms with Gasteiger partial charge in [-0.2, -0.15) is 23.3 Å². The number of alkyl halides is 3. The maximum Gasteiger partial charge on any atom is 0.422 e. The van der Waals surface area contributed by atoms with Crippen molar-refractivity contribution < 1.29 is 27.1 Å². The van der Waals surface area contributed by atoms with E-state index in [1.807, 2.05) is 11.0 Å². The number of likely N-dealkylation sites (tertiary alicyclic amines) is 2. The molecule has 1 N–H and O–H groups in total. The number of aromatic nitrogens is 4. The highest BCUT2D eigenvalue weighted by Gasteiger charge is 2.55. The molecule has 0 radical (unpaired) electrons. The molecule has 52 heavy (non-hydrogen) atoms. The van der Waals surface area contributed by atoms with Gasteiger partial charge in [-0.15, -0.1) is 0 Å². The summed E-state index contributed by atoms with van der Waals surface area (Å²) in [6.07, 6.45) is 4.17. The minimum absolute atomic E-state index is 0.0236. The normalized spacial score (nSPS) is 22.5. The molecule has 0 unspecified atom stereocenters. The quantitative estimate of drug-likeness (QED) is 0.175. The van der Waals surface area contributed by atoms with E-state index in [1.165, 1.54) is 31.2 Å². The van der Waals surface area contributed by atoms with Crippen molar-refractivity contribution >= 4 is 39.5 Å². The van der Waals surface area contributed by atoms with Gasteiger partial charge in [0, 0.05) is 85.7 Å². The molecule has 2 aromatic carbocycles. The second kappa shape index (κ2) is 11.3. The average molecular weight is 717 g/mol. The molecule has 6 aliphatic rings. The molecule has 2 aromatic heterocycles. The number of nitrogens with zero attached hydrogens (tertiary/aromatic N) is 7. The summed E-state index contributed by atoms with van der Waals surface area (Å²) in [7, 11) is 0. The summed E-state index contributed by atoms with van der Waals surface area (Å²) in [6.45, 7) is 8.48. The van der Waals surface area contributed by atoms with Crippen LogP contribution in [0.5, 0.6) is 5.75 Å². The second-order valence-corrected chi connectivity index (χ2v) is 16.2. The zero-order valence-electron chi connectivity index (χ0n) is 28.8. The van der Waals surface area contributed by atoms with Crippen molar-refractivity contribution in [3.8, 4) is 16.9 Å². The summed E-state index contributed by atoms with van der Waals surface area (Å²) in [6, 6.07) is 5.25. The van der Waals surface area contributed by atoms with E-state index in [1.54, 1.807) is 6.07 Å². The Morgan fingerprint density at radius 2 is 1.71 bits per heavy atom. The first kappa shape index (κ1) is 32.2. The highest BCUT2D eigenvalue weighted by atomic mass is 19.4. The molecule has 1 amide bonds. The van der Waals surface area contributed by atoms with E-state index in [2.05, 4.69) is 31.5 Å². The number of rotatable bonds is 8. The fourth-order valence-corrected chi connectivity index (χ4v) is 9.10. The standard InChI is InChI=1S/C38H40F4N8O2/c1-2-29(51)50-19-37(20-50)9-11-47(12-10-37)34-25-13-24(22-3-4-22)31(30-26-14-43-46-28(26)6-5-27(30)39)33(52-21-38(40,41)42)32(25)44-35(45-34)48-15-23(16-48)49-17-36(18-49)7-8-36/h2,5-6,13-14,22-23H,1,3-4,7-12,15-21H2,(H,43,46). The first-order chi connectivity index (χ1) is 25.0. The predicted octanol–water partition coefficient (Wildman–Crippen LogP) is 6.03. The van der Waals surface area contributed by atoms with Crippen LogP contribution in [-0.4, -0.2) is 107 Å². The highest BCUT2D eigenvalue weighted by molar-refractivity contribution is 6.05. The molecular formula is C38H40F4N8O2. The highest BCUT2D eigenvalue weighted by Crippen LogP contribution is 2.55. The number of benzene rings is 2. The Hall–Kier alpha value is -4.46. The first-order valence-corrected chi connectivity index (χ1v) is 18.4. The molecule has 2 saturated carbocycles. The van der Waals surface area contributed by atoms with E-state index in [0.29, 0.717) is 71.3 Å². The molecule has 10 rings (SSSR count). The molecule has 6 fully saturated rings. The van der Waals surface area contributed by atoms with Crippen LogP contribution in [0.25, 0.3) is 32.9 Å². The number of aromatic amines is 1. The van der Waals surface area contributed by atoms with E-state index < -0.39 is 18.6 Å². The smallest absolute Gasteiger partial charge is 0.422 e. The molecule has 4 aliphatic heterocycles. The van der Waals surface area contributed by atoms with Crippen LogP contribution in [0.2, 0.25) is 0 Å². The molecule has 14 heteroatoms. The molecule has 272 valence electrons. The second-order valence-electron chi connectivity index (χ2n) is 16.2. The lowest BCUT2D eigenvalue weighted by atomic mass is 9.72. The summed E-state index contributed by atoms with van der Waals surface area (Å²) in [5, 5.41) is 8.08. The van der Waals surface area contributed by atoms with Gasteiger partial charge in [0.15, 0.2) is 12.4 Å². The molecule has 2 spiro atoms. The zero-order chi connectivity index (χ0) is 35.6. The van der Waals surface area contributed by atoms with Gasteiger partial charge in [-0.05, 0) is 79.7 Å². The number of nitrogens with one attached hydrogen (secondary N) is 1. The fourth-order valence-electron chi connectivity index (χ4n) is 9.10. The van der Waals surface area contributed by atoms with E-state index >= 15 is 4.39 Å². The monoisotopic (exact) mass is 716 g/mol. The van der Waals surface area contributed by atoms with Crippen LogP contribution in [0.3, 0.4) is 0 Å². The van der Waals surface area contributed by atoms with Gasteiger partial charge in [-0.25, -0.2) is 9.37 Å². The SMILES string of the molecule is C=CC(=O)N1CC2(CCN(c3nc(N4CC(N5CC6(CC6)C5)C4)nc4c(OCC(F)(F)F)c(-c5c(F)ccc6[nH]ncc56)c(C5CC5)cc34)CC2)C1. The molecule has 4 saturated heterocycles. The van der Waals surface area contributed by atoms with Crippen molar-refractivity contribution in [2.24, 2.45) is 10.8 Å². The van der Waals surface area contributed by atoms with Crippen molar-refractivity contribution in [2.45, 2.75) is 56.7 Å². The molecular weight excluding hydrogens is 676 g/mol. The van der Waals surface area contributed by atoms with Gasteiger partial charge < -0.3 is 19.4 Å². The topological polar surface area (TPSA) is 93.7 Å². The van der Waals surface area contributed by atoms with Gasteiger partial charge in [0.05, 0.1) is 11.7 Å². The van der Waals surface area contributed by atoms with Gasteiger partial charge in [0.25, 0.3) is 0 Å². The van der Waals surface area contributed by atoms with Gasteiger partial charge in [0.1, 0.15) is 17.2 Å². The molecule has 2 aliphatic carbocycles. The lowest BCUT2D eigenvalue weighted by Crippen LogP contribution is -2.66. The number of ether oxygens (including phenoxy) is 1. The number of amides is 1. The summed E-state index contributed by atoms with van der Waals surface area (Å²) >= 11 is 0. The van der Waals surface area contributed by atoms with Crippen LogP contribution in [-0.2, 0) is 4.79 Å². The maximum atomic E-state index is 16.1. The van der Waals surface area contributed by atoms with Crippen LogP contribution >= 0.6 is 0 Å². The molecule has 4 aromatic rings. The number of carbonyl (C=O) groups is 1. The zero-order valence-corrected chi connectivity index (χ0v) is 28.8. The summed E-state index contributed by atoms with van der Waals surface area (Å²) in [5.41, 5.74) is 2.57. The number of piperidine rings is 1. The van der Waals surface area contributed by atoms with Crippen LogP contribution in [0, 0.1) is 16.6 Å². The minimum Gasteiger partial charge on any atom is -0.481 e. The van der Waals surface area contributed by atoms with Gasteiger partial charge in [-0.1, -0.05) is 6.58 Å². The number of hydrogen-bond acceptors (Lipinski definition) is 8. The Morgan fingerprint density at radius 1 is 0.981 bits per heavy atom. The summed E-state index contributed by atoms with van der Waals surface area (Å²) < 4.78 is 63.9. The van der Waals surface area contributed by atoms with Crippen LogP contribution < -0.4 is 14.5 Å². The van der Waals surface area contributed by atoms with Crippen molar-refractivity contribution in [3.05, 3.63) is 48.4 Å². The number of carbonyl (C=O) groups excluding carboxylic acids is 1. The van der Waals surface area contributed by atoms with E-state index in [-0.39, 0.29) is 34.1 Å². The van der Waals surface area contributed by atoms with Crippen LogP contribution in [0.4, 0.5) is 29.3 Å². The maximum absolute atomic E-state index is 16.1. The Labute approximate surface area is 297 Å². The molecule has 10 nitrogen and oxygen atoms in total. The van der Waals surface area contributed by atoms with Gasteiger partial charge >= 0.3 is 6.18 Å². The van der Waals surface area contributed by atoms with Gasteiger partial charge in [-0.3, -0.25) is 14.8 Å². The lowest BCUT2D eigenvalue weighted by molar-refractivity contribution is -0.153. The van der Waals surface area contributed by atoms with Crippen LogP contribution in [0.1, 0.15) is 50.0 Å². The predicted molar refractivity (Wildman–Crippen MR) is 188 cm³/mol. The van der Waals surface area contributed by atoms with Gasteiger partial charge in [0.2, 0.25) is 11.9 Å². The third-order valence-corrected chi connectivity index (χ3v) is 12.5. The van der Waals surface area contributed by atoms with E-state index in [4.69, 9.17) is 14.7 Å². The number of hydrogen-bond donors (Lipinski definition) is 1. The van der Waals surface area contributed by atoms with Crippen molar-refractivity contribution in [1.29, 1.82) is 0 Å². The van der Waals surface area contributed by atoms with E-state index in [9.17, 15) is 18.0 Å². The van der Waals surface area contributed by atoms with Crippen LogP contribution in [0.15, 0.2) is 37.1 Å².